The quantitative estimate of drug-likeness (QED) is 0.834. The number of hydrogen-bond acceptors (Lipinski definition) is 2. The summed E-state index contributed by atoms with van der Waals surface area (Å²) < 4.78 is 0. The van der Waals surface area contributed by atoms with E-state index in [4.69, 9.17) is 0 Å². The van der Waals surface area contributed by atoms with Crippen LogP contribution in [0.25, 0.3) is 0 Å². The Morgan fingerprint density at radius 3 is 2.00 bits per heavy atom. The third-order valence-corrected chi connectivity index (χ3v) is 5.08. The van der Waals surface area contributed by atoms with E-state index in [1.165, 1.54) is 64.2 Å². The Balaban J connectivity index is 1.81. The summed E-state index contributed by atoms with van der Waals surface area (Å²) in [6.07, 6.45) is 15.9. The van der Waals surface area contributed by atoms with Crippen LogP contribution in [-0.4, -0.2) is 27.9 Å². The Labute approximate surface area is 127 Å². The molecule has 2 aliphatic rings. The fourth-order valence-electron chi connectivity index (χ4n) is 3.99. The van der Waals surface area contributed by atoms with Crippen LogP contribution in [0.15, 0.2) is 24.5 Å². The standard InChI is InChI=1S/C18H26N2O/c21-18(15-8-7-13-19-14-15)20(16-9-3-1-4-10-16)17-11-5-2-6-12-17/h7-8,13-14,16-17H,1-6,9-12H2. The van der Waals surface area contributed by atoms with Gasteiger partial charge in [0.25, 0.3) is 5.91 Å². The summed E-state index contributed by atoms with van der Waals surface area (Å²) in [7, 11) is 0. The molecule has 0 bridgehead atoms. The van der Waals surface area contributed by atoms with Crippen molar-refractivity contribution in [1.82, 2.24) is 9.88 Å². The van der Waals surface area contributed by atoms with E-state index in [0.29, 0.717) is 12.1 Å². The molecule has 0 aliphatic heterocycles. The predicted molar refractivity (Wildman–Crippen MR) is 84.2 cm³/mol. The molecular weight excluding hydrogens is 260 g/mol. The summed E-state index contributed by atoms with van der Waals surface area (Å²) in [5, 5.41) is 0. The van der Waals surface area contributed by atoms with Crippen molar-refractivity contribution in [2.75, 3.05) is 0 Å². The van der Waals surface area contributed by atoms with E-state index in [2.05, 4.69) is 9.88 Å². The first-order valence-corrected chi connectivity index (χ1v) is 8.59. The van der Waals surface area contributed by atoms with E-state index in [9.17, 15) is 4.79 Å². The number of carbonyl (C=O) groups excluding carboxylic acids is 1. The topological polar surface area (TPSA) is 33.2 Å². The minimum Gasteiger partial charge on any atom is -0.333 e. The molecule has 0 spiro atoms. The van der Waals surface area contributed by atoms with Gasteiger partial charge >= 0.3 is 0 Å². The lowest BCUT2D eigenvalue weighted by molar-refractivity contribution is 0.0448. The molecular formula is C18H26N2O. The van der Waals surface area contributed by atoms with E-state index < -0.39 is 0 Å². The second kappa shape index (κ2) is 7.06. The normalized spacial score (nSPS) is 21.1. The monoisotopic (exact) mass is 286 g/mol. The van der Waals surface area contributed by atoms with Crippen molar-refractivity contribution >= 4 is 5.91 Å². The summed E-state index contributed by atoms with van der Waals surface area (Å²) >= 11 is 0. The lowest BCUT2D eigenvalue weighted by Gasteiger charge is -2.41. The summed E-state index contributed by atoms with van der Waals surface area (Å²) in [6.45, 7) is 0. The van der Waals surface area contributed by atoms with Gasteiger partial charge in [-0.1, -0.05) is 38.5 Å². The van der Waals surface area contributed by atoms with Crippen molar-refractivity contribution in [1.29, 1.82) is 0 Å². The SMILES string of the molecule is O=C(c1cccnc1)N(C1CCCCC1)C1CCCCC1. The van der Waals surface area contributed by atoms with Crippen LogP contribution in [0.4, 0.5) is 0 Å². The number of hydrogen-bond donors (Lipinski definition) is 0. The first kappa shape index (κ1) is 14.6. The zero-order valence-electron chi connectivity index (χ0n) is 12.8. The molecule has 2 aliphatic carbocycles. The maximum atomic E-state index is 13.0. The van der Waals surface area contributed by atoms with E-state index in [1.54, 1.807) is 12.4 Å². The number of nitrogens with zero attached hydrogens (tertiary/aromatic N) is 2. The first-order chi connectivity index (χ1) is 10.4. The molecule has 1 amide bonds. The highest BCUT2D eigenvalue weighted by Gasteiger charge is 2.32. The van der Waals surface area contributed by atoms with Gasteiger partial charge < -0.3 is 4.90 Å². The molecule has 0 unspecified atom stereocenters. The van der Waals surface area contributed by atoms with E-state index in [0.717, 1.165) is 5.56 Å². The summed E-state index contributed by atoms with van der Waals surface area (Å²) in [5.74, 6) is 0.210. The maximum absolute atomic E-state index is 13.0. The van der Waals surface area contributed by atoms with Crippen LogP contribution < -0.4 is 0 Å². The van der Waals surface area contributed by atoms with Crippen LogP contribution >= 0.6 is 0 Å². The van der Waals surface area contributed by atoms with Crippen LogP contribution in [0.5, 0.6) is 0 Å². The van der Waals surface area contributed by atoms with Gasteiger partial charge in [0.1, 0.15) is 0 Å². The zero-order chi connectivity index (χ0) is 14.5. The summed E-state index contributed by atoms with van der Waals surface area (Å²) in [5.41, 5.74) is 0.758. The molecule has 0 aromatic carbocycles. The summed E-state index contributed by atoms with van der Waals surface area (Å²) in [4.78, 5) is 19.4. The Hall–Kier alpha value is -1.38. The number of aromatic nitrogens is 1. The highest BCUT2D eigenvalue weighted by atomic mass is 16.2. The molecule has 3 nitrogen and oxygen atoms in total. The van der Waals surface area contributed by atoms with Crippen molar-refractivity contribution in [3.05, 3.63) is 30.1 Å². The van der Waals surface area contributed by atoms with Crippen molar-refractivity contribution in [3.63, 3.8) is 0 Å². The van der Waals surface area contributed by atoms with Crippen molar-refractivity contribution < 1.29 is 4.79 Å². The third-order valence-electron chi connectivity index (χ3n) is 5.08. The van der Waals surface area contributed by atoms with E-state index >= 15 is 0 Å². The lowest BCUT2D eigenvalue weighted by Crippen LogP contribution is -2.48. The van der Waals surface area contributed by atoms with Gasteiger partial charge in [-0.05, 0) is 37.8 Å². The Morgan fingerprint density at radius 1 is 0.952 bits per heavy atom. The second-order valence-corrected chi connectivity index (χ2v) is 6.54. The van der Waals surface area contributed by atoms with Crippen LogP contribution in [0, 0.1) is 0 Å². The molecule has 1 aromatic heterocycles. The predicted octanol–water partition coefficient (Wildman–Crippen LogP) is 4.19. The molecule has 3 heteroatoms. The van der Waals surface area contributed by atoms with Gasteiger partial charge in [-0.3, -0.25) is 9.78 Å². The Bertz CT molecular complexity index is 430. The number of carbonyl (C=O) groups is 1. The maximum Gasteiger partial charge on any atom is 0.255 e. The number of rotatable bonds is 3. The molecule has 114 valence electrons. The molecule has 1 aromatic rings. The van der Waals surface area contributed by atoms with Crippen molar-refractivity contribution in [3.8, 4) is 0 Å². The zero-order valence-corrected chi connectivity index (χ0v) is 12.8. The van der Waals surface area contributed by atoms with Crippen LogP contribution in [0.1, 0.15) is 74.6 Å². The molecule has 21 heavy (non-hydrogen) atoms. The van der Waals surface area contributed by atoms with E-state index in [1.807, 2.05) is 12.1 Å². The highest BCUT2D eigenvalue weighted by molar-refractivity contribution is 5.94. The molecule has 0 radical (unpaired) electrons. The molecule has 0 atom stereocenters. The molecule has 0 N–H and O–H groups in total. The first-order valence-electron chi connectivity index (χ1n) is 8.59. The van der Waals surface area contributed by atoms with Gasteiger partial charge in [-0.15, -0.1) is 0 Å². The average Bonchev–Trinajstić information content (AvgIpc) is 2.58. The molecule has 0 saturated heterocycles. The number of pyridine rings is 1. The number of amides is 1. The summed E-state index contributed by atoms with van der Waals surface area (Å²) in [6, 6.07) is 4.69. The molecule has 2 fully saturated rings. The third kappa shape index (κ3) is 3.45. The van der Waals surface area contributed by atoms with E-state index in [-0.39, 0.29) is 5.91 Å². The Morgan fingerprint density at radius 2 is 1.52 bits per heavy atom. The largest absolute Gasteiger partial charge is 0.333 e. The van der Waals surface area contributed by atoms with Gasteiger partial charge in [0.15, 0.2) is 0 Å². The fraction of sp³-hybridized carbons (Fsp3) is 0.667. The molecule has 2 saturated carbocycles. The van der Waals surface area contributed by atoms with Gasteiger partial charge in [-0.2, -0.15) is 0 Å². The smallest absolute Gasteiger partial charge is 0.255 e. The van der Waals surface area contributed by atoms with Crippen LogP contribution in [0.2, 0.25) is 0 Å². The van der Waals surface area contributed by atoms with Crippen LogP contribution in [-0.2, 0) is 0 Å². The minimum atomic E-state index is 0.210. The van der Waals surface area contributed by atoms with Crippen molar-refractivity contribution in [2.45, 2.75) is 76.3 Å². The highest BCUT2D eigenvalue weighted by Crippen LogP contribution is 2.31. The second-order valence-electron chi connectivity index (χ2n) is 6.54. The molecule has 3 rings (SSSR count). The van der Waals surface area contributed by atoms with Gasteiger partial charge in [0.05, 0.1) is 5.56 Å². The van der Waals surface area contributed by atoms with Gasteiger partial charge in [-0.25, -0.2) is 0 Å². The molecule has 1 heterocycles. The minimum absolute atomic E-state index is 0.210. The average molecular weight is 286 g/mol. The van der Waals surface area contributed by atoms with Gasteiger partial charge in [0, 0.05) is 24.5 Å². The van der Waals surface area contributed by atoms with Gasteiger partial charge in [0.2, 0.25) is 0 Å². The fourth-order valence-corrected chi connectivity index (χ4v) is 3.99. The lowest BCUT2D eigenvalue weighted by atomic mass is 9.88. The van der Waals surface area contributed by atoms with Crippen LogP contribution in [0.3, 0.4) is 0 Å². The Kier molecular flexibility index (Phi) is 4.89. The van der Waals surface area contributed by atoms with Crippen molar-refractivity contribution in [2.24, 2.45) is 0 Å².